The summed E-state index contributed by atoms with van der Waals surface area (Å²) >= 11 is 0. The van der Waals surface area contributed by atoms with Crippen molar-refractivity contribution in [1.82, 2.24) is 0 Å². The number of rotatable bonds is 3. The summed E-state index contributed by atoms with van der Waals surface area (Å²) in [7, 11) is 0. The number of fused-ring (bicyclic) bond motifs is 1. The molecular formula is C17H19NO3. The molecule has 2 unspecified atom stereocenters. The van der Waals surface area contributed by atoms with Gasteiger partial charge in [0, 0.05) is 18.7 Å². The van der Waals surface area contributed by atoms with Gasteiger partial charge in [0.25, 0.3) is 0 Å². The van der Waals surface area contributed by atoms with Crippen LogP contribution in [0.15, 0.2) is 36.4 Å². The third-order valence-corrected chi connectivity index (χ3v) is 4.39. The first-order valence-electron chi connectivity index (χ1n) is 7.45. The van der Waals surface area contributed by atoms with E-state index in [9.17, 15) is 14.7 Å². The first-order valence-corrected chi connectivity index (χ1v) is 7.45. The van der Waals surface area contributed by atoms with Gasteiger partial charge in [0.15, 0.2) is 0 Å². The van der Waals surface area contributed by atoms with Crippen molar-refractivity contribution in [2.24, 2.45) is 5.92 Å². The van der Waals surface area contributed by atoms with Gasteiger partial charge in [-0.05, 0) is 36.8 Å². The van der Waals surface area contributed by atoms with Crippen LogP contribution in [0.5, 0.6) is 0 Å². The normalized spacial score (nSPS) is 23.9. The Hall–Kier alpha value is -2.10. The van der Waals surface area contributed by atoms with Crippen molar-refractivity contribution >= 4 is 17.6 Å². The highest BCUT2D eigenvalue weighted by molar-refractivity contribution is 5.96. The Morgan fingerprint density at radius 1 is 1.24 bits per heavy atom. The highest BCUT2D eigenvalue weighted by Gasteiger charge is 2.32. The number of carboxylic acid groups (broad SMARTS) is 1. The number of carboxylic acids is 1. The van der Waals surface area contributed by atoms with E-state index in [0.717, 1.165) is 24.1 Å². The van der Waals surface area contributed by atoms with E-state index in [-0.39, 0.29) is 5.91 Å². The van der Waals surface area contributed by atoms with Crippen LogP contribution in [0.3, 0.4) is 0 Å². The maximum atomic E-state index is 12.5. The molecule has 1 aliphatic carbocycles. The van der Waals surface area contributed by atoms with Gasteiger partial charge in [-0.1, -0.05) is 30.4 Å². The van der Waals surface area contributed by atoms with Gasteiger partial charge in [-0.25, -0.2) is 0 Å². The molecule has 1 amide bonds. The van der Waals surface area contributed by atoms with Crippen LogP contribution in [-0.4, -0.2) is 23.5 Å². The molecule has 0 radical (unpaired) electrons. The van der Waals surface area contributed by atoms with Gasteiger partial charge >= 0.3 is 5.97 Å². The quantitative estimate of drug-likeness (QED) is 0.869. The van der Waals surface area contributed by atoms with Gasteiger partial charge in [-0.3, -0.25) is 9.59 Å². The number of anilines is 1. The second-order valence-corrected chi connectivity index (χ2v) is 5.75. The molecule has 2 atom stereocenters. The molecule has 110 valence electrons. The van der Waals surface area contributed by atoms with E-state index in [1.807, 2.05) is 24.3 Å². The summed E-state index contributed by atoms with van der Waals surface area (Å²) in [6.45, 7) is 0.489. The fourth-order valence-electron chi connectivity index (χ4n) is 3.28. The van der Waals surface area contributed by atoms with E-state index in [1.54, 1.807) is 4.90 Å². The molecule has 4 nitrogen and oxygen atoms in total. The summed E-state index contributed by atoms with van der Waals surface area (Å²) in [5, 5.41) is 9.33. The van der Waals surface area contributed by atoms with Crippen molar-refractivity contribution in [3.05, 3.63) is 42.0 Å². The zero-order chi connectivity index (χ0) is 14.8. The van der Waals surface area contributed by atoms with Gasteiger partial charge in [0.05, 0.1) is 5.92 Å². The molecule has 1 aromatic rings. The fraction of sp³-hybridized carbons (Fsp3) is 0.412. The number of benzene rings is 1. The number of para-hydroxylation sites is 1. The van der Waals surface area contributed by atoms with Gasteiger partial charge < -0.3 is 10.0 Å². The molecule has 1 N–H and O–H groups in total. The lowest BCUT2D eigenvalue weighted by Gasteiger charge is -2.33. The second kappa shape index (κ2) is 5.72. The zero-order valence-corrected chi connectivity index (χ0v) is 11.9. The Morgan fingerprint density at radius 2 is 2.05 bits per heavy atom. The minimum atomic E-state index is -0.812. The molecular weight excluding hydrogens is 266 g/mol. The molecule has 0 spiro atoms. The molecule has 2 aliphatic rings. The van der Waals surface area contributed by atoms with Crippen LogP contribution in [0.1, 0.15) is 37.2 Å². The molecule has 21 heavy (non-hydrogen) atoms. The average molecular weight is 285 g/mol. The molecule has 1 heterocycles. The van der Waals surface area contributed by atoms with Gasteiger partial charge in [0.2, 0.25) is 5.91 Å². The molecule has 1 aliphatic heterocycles. The van der Waals surface area contributed by atoms with Crippen molar-refractivity contribution in [3.63, 3.8) is 0 Å². The van der Waals surface area contributed by atoms with Crippen LogP contribution >= 0.6 is 0 Å². The molecule has 4 heteroatoms. The van der Waals surface area contributed by atoms with Gasteiger partial charge in [-0.15, -0.1) is 0 Å². The Balaban J connectivity index is 1.83. The lowest BCUT2D eigenvalue weighted by atomic mass is 9.89. The average Bonchev–Trinajstić information content (AvgIpc) is 2.98. The number of hydrogen-bond donors (Lipinski definition) is 1. The Labute approximate surface area is 124 Å². The van der Waals surface area contributed by atoms with Gasteiger partial charge in [0.1, 0.15) is 0 Å². The molecule has 0 aromatic heterocycles. The lowest BCUT2D eigenvalue weighted by molar-refractivity contribution is -0.139. The highest BCUT2D eigenvalue weighted by Crippen LogP contribution is 2.36. The smallest absolute Gasteiger partial charge is 0.311 e. The molecule has 0 saturated carbocycles. The van der Waals surface area contributed by atoms with Crippen molar-refractivity contribution in [3.8, 4) is 0 Å². The summed E-state index contributed by atoms with van der Waals surface area (Å²) in [6, 6.07) is 7.37. The molecule has 0 fully saturated rings. The van der Waals surface area contributed by atoms with Crippen molar-refractivity contribution in [1.29, 1.82) is 0 Å². The number of carbonyl (C=O) groups is 2. The van der Waals surface area contributed by atoms with Gasteiger partial charge in [-0.2, -0.15) is 0 Å². The third kappa shape index (κ3) is 2.71. The van der Waals surface area contributed by atoms with Crippen LogP contribution < -0.4 is 4.90 Å². The topological polar surface area (TPSA) is 57.6 Å². The standard InChI is InChI=1S/C17H19NO3/c19-16(11-12-5-1-2-6-12)18-10-9-14(17(20)21)13-7-3-4-8-15(13)18/h1,3-5,7-8,12,14H,2,6,9-11H2,(H,20,21). The zero-order valence-electron chi connectivity index (χ0n) is 11.9. The van der Waals surface area contributed by atoms with Crippen LogP contribution in [0.2, 0.25) is 0 Å². The van der Waals surface area contributed by atoms with E-state index in [2.05, 4.69) is 12.2 Å². The van der Waals surface area contributed by atoms with E-state index < -0.39 is 11.9 Å². The Bertz CT molecular complexity index is 593. The van der Waals surface area contributed by atoms with E-state index in [1.165, 1.54) is 0 Å². The summed E-state index contributed by atoms with van der Waals surface area (Å²) in [5.74, 6) is -0.880. The van der Waals surface area contributed by atoms with E-state index >= 15 is 0 Å². The Morgan fingerprint density at radius 3 is 2.76 bits per heavy atom. The molecule has 1 aromatic carbocycles. The first-order chi connectivity index (χ1) is 10.2. The van der Waals surface area contributed by atoms with E-state index in [0.29, 0.717) is 25.3 Å². The predicted molar refractivity (Wildman–Crippen MR) is 80.3 cm³/mol. The number of nitrogens with zero attached hydrogens (tertiary/aromatic N) is 1. The van der Waals surface area contributed by atoms with Crippen molar-refractivity contribution in [2.75, 3.05) is 11.4 Å². The summed E-state index contributed by atoms with van der Waals surface area (Å²) in [5.41, 5.74) is 1.52. The summed E-state index contributed by atoms with van der Waals surface area (Å²) < 4.78 is 0. The molecule has 3 rings (SSSR count). The maximum Gasteiger partial charge on any atom is 0.311 e. The SMILES string of the molecule is O=C(O)C1CCN(C(=O)CC2C=CCC2)c2ccccc21. The number of hydrogen-bond acceptors (Lipinski definition) is 2. The predicted octanol–water partition coefficient (Wildman–Crippen LogP) is 2.95. The fourth-order valence-corrected chi connectivity index (χ4v) is 3.28. The van der Waals surface area contributed by atoms with E-state index in [4.69, 9.17) is 0 Å². The number of carbonyl (C=O) groups excluding carboxylic acids is 1. The second-order valence-electron chi connectivity index (χ2n) is 5.75. The first kappa shape index (κ1) is 13.9. The number of allylic oxidation sites excluding steroid dienone is 2. The largest absolute Gasteiger partial charge is 0.481 e. The third-order valence-electron chi connectivity index (χ3n) is 4.39. The minimum Gasteiger partial charge on any atom is -0.481 e. The van der Waals surface area contributed by atoms with Crippen LogP contribution in [0.25, 0.3) is 0 Å². The summed E-state index contributed by atoms with van der Waals surface area (Å²) in [4.78, 5) is 25.7. The van der Waals surface area contributed by atoms with Crippen LogP contribution in [0, 0.1) is 5.92 Å². The number of aliphatic carboxylic acids is 1. The molecule has 0 saturated heterocycles. The maximum absolute atomic E-state index is 12.5. The summed E-state index contributed by atoms with van der Waals surface area (Å²) in [6.07, 6.45) is 7.34. The van der Waals surface area contributed by atoms with Crippen molar-refractivity contribution in [2.45, 2.75) is 31.6 Å². The van der Waals surface area contributed by atoms with Crippen LogP contribution in [-0.2, 0) is 9.59 Å². The monoisotopic (exact) mass is 285 g/mol. The van der Waals surface area contributed by atoms with Crippen molar-refractivity contribution < 1.29 is 14.7 Å². The number of amides is 1. The lowest BCUT2D eigenvalue weighted by Crippen LogP contribution is -2.38. The van der Waals surface area contributed by atoms with Crippen LogP contribution in [0.4, 0.5) is 5.69 Å². The highest BCUT2D eigenvalue weighted by atomic mass is 16.4. The molecule has 0 bridgehead atoms. The Kier molecular flexibility index (Phi) is 3.78. The minimum absolute atomic E-state index is 0.0999.